The van der Waals surface area contributed by atoms with Gasteiger partial charge in [-0.2, -0.15) is 0 Å². The molecule has 0 saturated heterocycles. The first-order valence-electron chi connectivity index (χ1n) is 3.94. The van der Waals surface area contributed by atoms with E-state index >= 15 is 0 Å². The molecular weight excluding hydrogens is 134 g/mol. The first-order valence-corrected chi connectivity index (χ1v) is 3.94. The molecule has 0 spiro atoms. The highest BCUT2D eigenvalue weighted by atomic mass is 19.3. The largest absolute Gasteiger partial charge is 0.245 e. The highest BCUT2D eigenvalue weighted by molar-refractivity contribution is 4.55. The van der Waals surface area contributed by atoms with Crippen molar-refractivity contribution >= 4 is 0 Å². The summed E-state index contributed by atoms with van der Waals surface area (Å²) in [6.07, 6.45) is 1.51. The van der Waals surface area contributed by atoms with Gasteiger partial charge in [-0.25, -0.2) is 8.78 Å². The standard InChI is InChI=1S/C6H12F2.C2H6/c1-3-4-5-6(2,7)8;1-2/h3-5H2,1-2H3;1-2H3. The molecule has 10 heavy (non-hydrogen) atoms. The molecule has 0 unspecified atom stereocenters. The maximum absolute atomic E-state index is 11.9. The third-order valence-corrected chi connectivity index (χ3v) is 0.969. The molecule has 0 N–H and O–H groups in total. The maximum Gasteiger partial charge on any atom is 0.245 e. The van der Waals surface area contributed by atoms with Crippen LogP contribution in [0.5, 0.6) is 0 Å². The van der Waals surface area contributed by atoms with Gasteiger partial charge in [0.15, 0.2) is 0 Å². The highest BCUT2D eigenvalue weighted by Crippen LogP contribution is 2.18. The number of hydrogen-bond acceptors (Lipinski definition) is 0. The van der Waals surface area contributed by atoms with Crippen LogP contribution in [-0.2, 0) is 0 Å². The maximum atomic E-state index is 11.9. The van der Waals surface area contributed by atoms with E-state index < -0.39 is 5.92 Å². The lowest BCUT2D eigenvalue weighted by molar-refractivity contribution is 0.0108. The Bertz CT molecular complexity index is 54.8. The summed E-state index contributed by atoms with van der Waals surface area (Å²) in [5, 5.41) is 0. The van der Waals surface area contributed by atoms with Crippen LogP contribution in [0.4, 0.5) is 8.78 Å². The molecule has 0 aromatic carbocycles. The Morgan fingerprint density at radius 2 is 1.60 bits per heavy atom. The Labute approximate surface area is 62.6 Å². The second kappa shape index (κ2) is 6.97. The van der Waals surface area contributed by atoms with E-state index in [0.717, 1.165) is 13.3 Å². The van der Waals surface area contributed by atoms with E-state index in [-0.39, 0.29) is 6.42 Å². The van der Waals surface area contributed by atoms with Crippen LogP contribution in [0.25, 0.3) is 0 Å². The molecule has 0 radical (unpaired) electrons. The zero-order valence-corrected chi connectivity index (χ0v) is 7.38. The van der Waals surface area contributed by atoms with Crippen LogP contribution in [0, 0.1) is 0 Å². The van der Waals surface area contributed by atoms with E-state index in [4.69, 9.17) is 0 Å². The normalized spacial score (nSPS) is 10.2. The number of rotatable bonds is 3. The molecule has 0 amide bonds. The van der Waals surface area contributed by atoms with Gasteiger partial charge in [-0.15, -0.1) is 0 Å². The summed E-state index contributed by atoms with van der Waals surface area (Å²) in [7, 11) is 0. The lowest BCUT2D eigenvalue weighted by atomic mass is 10.2. The van der Waals surface area contributed by atoms with Crippen molar-refractivity contribution in [2.45, 2.75) is 52.9 Å². The monoisotopic (exact) mass is 152 g/mol. The van der Waals surface area contributed by atoms with Crippen LogP contribution < -0.4 is 0 Å². The van der Waals surface area contributed by atoms with Crippen LogP contribution in [0.2, 0.25) is 0 Å². The summed E-state index contributed by atoms with van der Waals surface area (Å²) in [5.74, 6) is -2.45. The molecule has 0 saturated carbocycles. The summed E-state index contributed by atoms with van der Waals surface area (Å²) < 4.78 is 23.8. The lowest BCUT2D eigenvalue weighted by Gasteiger charge is -2.06. The fourth-order valence-corrected chi connectivity index (χ4v) is 0.487. The Morgan fingerprint density at radius 1 is 1.20 bits per heavy atom. The Balaban J connectivity index is 0. The van der Waals surface area contributed by atoms with Crippen molar-refractivity contribution in [3.63, 3.8) is 0 Å². The minimum atomic E-state index is -2.45. The Kier molecular flexibility index (Phi) is 8.74. The van der Waals surface area contributed by atoms with Crippen LogP contribution in [0.1, 0.15) is 47.0 Å². The van der Waals surface area contributed by atoms with Crippen molar-refractivity contribution in [1.82, 2.24) is 0 Å². The molecule has 0 rings (SSSR count). The SMILES string of the molecule is CC.CCCCC(C)(F)F. The van der Waals surface area contributed by atoms with Gasteiger partial charge in [-0.05, 0) is 13.3 Å². The summed E-state index contributed by atoms with van der Waals surface area (Å²) in [4.78, 5) is 0. The molecule has 0 aliphatic carbocycles. The predicted octanol–water partition coefficient (Wildman–Crippen LogP) is 3.86. The van der Waals surface area contributed by atoms with E-state index in [1.165, 1.54) is 0 Å². The fraction of sp³-hybridized carbons (Fsp3) is 1.00. The number of hydrogen-bond donors (Lipinski definition) is 0. The molecule has 0 aliphatic rings. The molecule has 0 nitrogen and oxygen atoms in total. The van der Waals surface area contributed by atoms with Crippen molar-refractivity contribution < 1.29 is 8.78 Å². The molecule has 0 bridgehead atoms. The molecule has 0 heterocycles. The van der Waals surface area contributed by atoms with Crippen molar-refractivity contribution in [3.05, 3.63) is 0 Å². The van der Waals surface area contributed by atoms with Gasteiger partial charge >= 0.3 is 0 Å². The van der Waals surface area contributed by atoms with Crippen molar-refractivity contribution in [2.24, 2.45) is 0 Å². The fourth-order valence-electron chi connectivity index (χ4n) is 0.487. The summed E-state index contributed by atoms with van der Waals surface area (Å²) >= 11 is 0. The third kappa shape index (κ3) is 15.7. The van der Waals surface area contributed by atoms with Crippen LogP contribution in [-0.4, -0.2) is 5.92 Å². The smallest absolute Gasteiger partial charge is 0.207 e. The number of halogens is 2. The average Bonchev–Trinajstić information content (AvgIpc) is 1.87. The summed E-state index contributed by atoms with van der Waals surface area (Å²) in [5.41, 5.74) is 0. The molecule has 0 aromatic heterocycles. The minimum Gasteiger partial charge on any atom is -0.207 e. The molecule has 0 aromatic rings. The first-order chi connectivity index (χ1) is 4.56. The van der Waals surface area contributed by atoms with Crippen LogP contribution in [0.15, 0.2) is 0 Å². The van der Waals surface area contributed by atoms with Crippen LogP contribution in [0.3, 0.4) is 0 Å². The third-order valence-electron chi connectivity index (χ3n) is 0.969. The van der Waals surface area contributed by atoms with Gasteiger partial charge in [0.25, 0.3) is 0 Å². The van der Waals surface area contributed by atoms with Gasteiger partial charge in [-0.1, -0.05) is 27.2 Å². The number of unbranched alkanes of at least 4 members (excludes halogenated alkanes) is 1. The van der Waals surface area contributed by atoms with Gasteiger partial charge in [-0.3, -0.25) is 0 Å². The van der Waals surface area contributed by atoms with Gasteiger partial charge in [0.05, 0.1) is 0 Å². The Morgan fingerprint density at radius 3 is 1.70 bits per heavy atom. The predicted molar refractivity (Wildman–Crippen MR) is 41.5 cm³/mol. The van der Waals surface area contributed by atoms with E-state index in [9.17, 15) is 8.78 Å². The van der Waals surface area contributed by atoms with Gasteiger partial charge < -0.3 is 0 Å². The van der Waals surface area contributed by atoms with Crippen molar-refractivity contribution in [1.29, 1.82) is 0 Å². The molecule has 2 heteroatoms. The summed E-state index contributed by atoms with van der Waals surface area (Å²) in [6.45, 7) is 6.87. The van der Waals surface area contributed by atoms with Gasteiger partial charge in [0.2, 0.25) is 5.92 Å². The molecule has 0 atom stereocenters. The topological polar surface area (TPSA) is 0 Å². The van der Waals surface area contributed by atoms with Gasteiger partial charge in [0.1, 0.15) is 0 Å². The molecule has 0 aliphatic heterocycles. The highest BCUT2D eigenvalue weighted by Gasteiger charge is 2.18. The average molecular weight is 152 g/mol. The van der Waals surface area contributed by atoms with Crippen molar-refractivity contribution in [2.75, 3.05) is 0 Å². The van der Waals surface area contributed by atoms with E-state index in [0.29, 0.717) is 6.42 Å². The van der Waals surface area contributed by atoms with Crippen LogP contribution >= 0.6 is 0 Å². The first kappa shape index (κ1) is 12.5. The van der Waals surface area contributed by atoms with Gasteiger partial charge in [0, 0.05) is 6.42 Å². The quantitative estimate of drug-likeness (QED) is 0.576. The zero-order valence-electron chi connectivity index (χ0n) is 7.38. The molecular formula is C8H18F2. The van der Waals surface area contributed by atoms with Crippen molar-refractivity contribution in [3.8, 4) is 0 Å². The van der Waals surface area contributed by atoms with E-state index in [1.807, 2.05) is 20.8 Å². The zero-order chi connectivity index (χ0) is 8.62. The van der Waals surface area contributed by atoms with E-state index in [2.05, 4.69) is 0 Å². The second-order valence-electron chi connectivity index (χ2n) is 2.17. The Hall–Kier alpha value is -0.140. The second-order valence-corrected chi connectivity index (χ2v) is 2.17. The number of alkyl halides is 2. The molecule has 0 fully saturated rings. The summed E-state index contributed by atoms with van der Waals surface area (Å²) in [6, 6.07) is 0. The minimum absolute atomic E-state index is 0.0312. The lowest BCUT2D eigenvalue weighted by Crippen LogP contribution is -2.07. The molecule has 64 valence electrons. The van der Waals surface area contributed by atoms with E-state index in [1.54, 1.807) is 0 Å².